The molecule has 0 amide bonds. The van der Waals surface area contributed by atoms with Crippen LogP contribution in [0.4, 0.5) is 11.6 Å². The number of aromatic nitrogens is 2. The van der Waals surface area contributed by atoms with E-state index in [1.54, 1.807) is 0 Å². The first-order chi connectivity index (χ1) is 20.3. The molecule has 3 heterocycles. The Balaban J connectivity index is 1.44. The van der Waals surface area contributed by atoms with Gasteiger partial charge < -0.3 is 4.43 Å². The summed E-state index contributed by atoms with van der Waals surface area (Å²) in [5.74, 6) is 1.57. The number of hydrogen-bond acceptors (Lipinski definition) is 4. The van der Waals surface area contributed by atoms with E-state index in [0.29, 0.717) is 5.95 Å². The van der Waals surface area contributed by atoms with E-state index in [1.807, 2.05) is 12.1 Å². The van der Waals surface area contributed by atoms with Gasteiger partial charge >= 0.3 is 8.48 Å². The third kappa shape index (κ3) is 3.04. The van der Waals surface area contributed by atoms with Gasteiger partial charge in [0.25, 0.3) is 0 Å². The Morgan fingerprint density at radius 2 is 1.22 bits per heavy atom. The van der Waals surface area contributed by atoms with E-state index in [0.717, 1.165) is 44.4 Å². The van der Waals surface area contributed by atoms with Gasteiger partial charge in [0.2, 0.25) is 5.95 Å². The minimum atomic E-state index is -3.16. The number of rotatable bonds is 2. The molecule has 0 atom stereocenters. The molecule has 192 valence electrons. The van der Waals surface area contributed by atoms with E-state index in [4.69, 9.17) is 14.4 Å². The fourth-order valence-corrected chi connectivity index (χ4v) is 11.0. The van der Waals surface area contributed by atoms with Crippen molar-refractivity contribution >= 4 is 52.2 Å². The van der Waals surface area contributed by atoms with Crippen LogP contribution in [-0.4, -0.2) is 18.4 Å². The summed E-state index contributed by atoms with van der Waals surface area (Å²) in [5, 5.41) is 5.68. The standard InChI is InChI=1S/C36H23N3OSi/c1-2-12-25(13-3-1)35-28-18-4-7-19-29(28)37-36(38-35)39-30-20-10-14-24-15-11-21-31(34(24)30)40-41(39)32-22-8-5-16-26(32)27-17-6-9-23-33(27)41/h1-23H. The molecule has 5 heteroatoms. The summed E-state index contributed by atoms with van der Waals surface area (Å²) < 4.78 is 9.78. The number of fused-ring (bicyclic) bond motifs is 6. The van der Waals surface area contributed by atoms with Gasteiger partial charge in [0.15, 0.2) is 0 Å². The number of hydrogen-bond donors (Lipinski definition) is 0. The molecule has 0 aliphatic carbocycles. The fourth-order valence-electron chi connectivity index (χ4n) is 6.69. The number of nitrogens with zero attached hydrogens (tertiary/aromatic N) is 3. The van der Waals surface area contributed by atoms with Crippen molar-refractivity contribution in [3.8, 4) is 28.1 Å². The molecular formula is C36H23N3OSi. The van der Waals surface area contributed by atoms with Gasteiger partial charge in [-0.3, -0.25) is 4.57 Å². The molecule has 0 bridgehead atoms. The highest BCUT2D eigenvalue weighted by atomic mass is 28.4. The number of para-hydroxylation sites is 1. The first kappa shape index (κ1) is 22.5. The third-order valence-electron chi connectivity index (χ3n) is 8.37. The summed E-state index contributed by atoms with van der Waals surface area (Å²) in [6, 6.07) is 48.9. The zero-order chi connectivity index (χ0) is 27.0. The van der Waals surface area contributed by atoms with E-state index < -0.39 is 8.48 Å². The van der Waals surface area contributed by atoms with Gasteiger partial charge in [-0.1, -0.05) is 121 Å². The number of anilines is 2. The van der Waals surface area contributed by atoms with Crippen molar-refractivity contribution in [3.63, 3.8) is 0 Å². The Morgan fingerprint density at radius 1 is 0.561 bits per heavy atom. The smallest absolute Gasteiger partial charge is 0.437 e. The predicted molar refractivity (Wildman–Crippen MR) is 169 cm³/mol. The van der Waals surface area contributed by atoms with E-state index in [9.17, 15) is 0 Å². The molecule has 0 saturated heterocycles. The van der Waals surface area contributed by atoms with E-state index in [-0.39, 0.29) is 0 Å². The van der Waals surface area contributed by atoms with Crippen LogP contribution in [0.1, 0.15) is 0 Å². The van der Waals surface area contributed by atoms with Crippen molar-refractivity contribution in [2.45, 2.75) is 0 Å². The van der Waals surface area contributed by atoms with Crippen LogP contribution in [0.5, 0.6) is 5.75 Å². The van der Waals surface area contributed by atoms with Crippen molar-refractivity contribution in [1.82, 2.24) is 9.97 Å². The van der Waals surface area contributed by atoms with E-state index >= 15 is 0 Å². The average molecular weight is 542 g/mol. The summed E-state index contributed by atoms with van der Waals surface area (Å²) in [7, 11) is -3.16. The molecule has 1 aromatic heterocycles. The molecule has 1 spiro atoms. The van der Waals surface area contributed by atoms with Crippen LogP contribution in [-0.2, 0) is 0 Å². The van der Waals surface area contributed by atoms with Crippen LogP contribution in [0.3, 0.4) is 0 Å². The predicted octanol–water partition coefficient (Wildman–Crippen LogP) is 7.22. The topological polar surface area (TPSA) is 38.2 Å². The van der Waals surface area contributed by atoms with Crippen molar-refractivity contribution in [2.24, 2.45) is 0 Å². The van der Waals surface area contributed by atoms with Gasteiger partial charge in [0, 0.05) is 26.7 Å². The molecular weight excluding hydrogens is 519 g/mol. The Morgan fingerprint density at radius 3 is 2.00 bits per heavy atom. The monoisotopic (exact) mass is 541 g/mol. The first-order valence-electron chi connectivity index (χ1n) is 13.9. The maximum atomic E-state index is 7.41. The lowest BCUT2D eigenvalue weighted by Crippen LogP contribution is -2.72. The van der Waals surface area contributed by atoms with Crippen LogP contribution < -0.4 is 19.4 Å². The molecule has 4 nitrogen and oxygen atoms in total. The molecule has 41 heavy (non-hydrogen) atoms. The molecule has 2 aliphatic heterocycles. The van der Waals surface area contributed by atoms with Crippen molar-refractivity contribution in [1.29, 1.82) is 0 Å². The van der Waals surface area contributed by atoms with Crippen LogP contribution in [0, 0.1) is 0 Å². The summed E-state index contributed by atoms with van der Waals surface area (Å²) in [5.41, 5.74) is 6.40. The molecule has 0 N–H and O–H groups in total. The SMILES string of the molecule is c1ccc(-c2nc(N3c4cccc5cccc(c45)O[Si]34c3ccccc3-c3ccccc34)nc3ccccc23)cc1. The van der Waals surface area contributed by atoms with Gasteiger partial charge in [0.1, 0.15) is 5.75 Å². The average Bonchev–Trinajstić information content (AvgIpc) is 3.31. The molecule has 6 aromatic carbocycles. The first-order valence-corrected chi connectivity index (χ1v) is 15.7. The number of benzene rings is 6. The Kier molecular flexibility index (Phi) is 4.60. The lowest BCUT2D eigenvalue weighted by molar-refractivity contribution is 0.564. The van der Waals surface area contributed by atoms with Gasteiger partial charge in [-0.2, -0.15) is 0 Å². The fraction of sp³-hybridized carbons (Fsp3) is 0. The highest BCUT2D eigenvalue weighted by Crippen LogP contribution is 2.47. The summed E-state index contributed by atoms with van der Waals surface area (Å²) in [6.45, 7) is 0. The lowest BCUT2D eigenvalue weighted by Gasteiger charge is -2.44. The molecule has 0 radical (unpaired) electrons. The second kappa shape index (κ2) is 8.37. The normalized spacial score (nSPS) is 14.2. The summed E-state index contributed by atoms with van der Waals surface area (Å²) in [6.07, 6.45) is 0. The van der Waals surface area contributed by atoms with Crippen LogP contribution in [0.2, 0.25) is 0 Å². The summed E-state index contributed by atoms with van der Waals surface area (Å²) >= 11 is 0. The van der Waals surface area contributed by atoms with Crippen LogP contribution >= 0.6 is 0 Å². The molecule has 7 aromatic rings. The van der Waals surface area contributed by atoms with Gasteiger partial charge in [-0.05, 0) is 34.7 Å². The molecule has 9 rings (SSSR count). The highest BCUT2D eigenvalue weighted by Gasteiger charge is 2.59. The molecule has 0 fully saturated rings. The third-order valence-corrected chi connectivity index (χ3v) is 12.3. The van der Waals surface area contributed by atoms with Gasteiger partial charge in [0.05, 0.1) is 16.9 Å². The highest BCUT2D eigenvalue weighted by molar-refractivity contribution is 7.05. The quantitative estimate of drug-likeness (QED) is 0.217. The van der Waals surface area contributed by atoms with E-state index in [2.05, 4.69) is 132 Å². The minimum Gasteiger partial charge on any atom is -0.517 e. The Labute approximate surface area is 238 Å². The molecule has 0 saturated carbocycles. The van der Waals surface area contributed by atoms with Crippen LogP contribution in [0.15, 0.2) is 140 Å². The van der Waals surface area contributed by atoms with Crippen molar-refractivity contribution in [3.05, 3.63) is 140 Å². The second-order valence-corrected chi connectivity index (χ2v) is 13.6. The second-order valence-electron chi connectivity index (χ2n) is 10.6. The Bertz CT molecular complexity index is 2110. The zero-order valence-corrected chi connectivity index (χ0v) is 23.0. The van der Waals surface area contributed by atoms with Gasteiger partial charge in [-0.15, -0.1) is 0 Å². The molecule has 2 aliphatic rings. The minimum absolute atomic E-state index is 0.655. The maximum absolute atomic E-state index is 7.41. The maximum Gasteiger partial charge on any atom is 0.437 e. The van der Waals surface area contributed by atoms with Crippen LogP contribution in [0.25, 0.3) is 44.1 Å². The van der Waals surface area contributed by atoms with Crippen molar-refractivity contribution in [2.75, 3.05) is 4.57 Å². The largest absolute Gasteiger partial charge is 0.517 e. The lowest BCUT2D eigenvalue weighted by atomic mass is 10.1. The van der Waals surface area contributed by atoms with Crippen molar-refractivity contribution < 1.29 is 4.43 Å². The Hall–Kier alpha value is -5.26. The van der Waals surface area contributed by atoms with Gasteiger partial charge in [-0.25, -0.2) is 9.97 Å². The van der Waals surface area contributed by atoms with E-state index in [1.165, 1.54) is 21.5 Å². The summed E-state index contributed by atoms with van der Waals surface area (Å²) in [4.78, 5) is 10.7. The molecule has 0 unspecified atom stereocenters. The zero-order valence-electron chi connectivity index (χ0n) is 22.0.